The largest absolute Gasteiger partial charge is 0.395 e. The molecule has 0 fully saturated rings. The number of likely N-dealkylation sites (N-methyl/N-ethyl adjacent to an activating group) is 1. The molecule has 0 spiro atoms. The van der Waals surface area contributed by atoms with Gasteiger partial charge in [0.25, 0.3) is 0 Å². The van der Waals surface area contributed by atoms with Crippen molar-refractivity contribution in [2.75, 3.05) is 37.5 Å². The monoisotopic (exact) mass is 231 g/mol. The summed E-state index contributed by atoms with van der Waals surface area (Å²) in [5.41, 5.74) is 1.06. The summed E-state index contributed by atoms with van der Waals surface area (Å²) < 4.78 is 0. The molecule has 4 heteroatoms. The van der Waals surface area contributed by atoms with E-state index in [4.69, 9.17) is 5.11 Å². The second-order valence-corrected chi connectivity index (χ2v) is 3.97. The van der Waals surface area contributed by atoms with Gasteiger partial charge in [0.1, 0.15) is 5.82 Å². The molecule has 0 aliphatic rings. The average molecular weight is 231 g/mol. The maximum absolute atomic E-state index is 8.99. The smallest absolute Gasteiger partial charge is 0.136 e. The average Bonchev–Trinajstić information content (AvgIpc) is 2.37. The standard InChI is InChI=1S/C13H17N3O/c1-14-11-4-3-10-5-6-15-13(12(10)9-11)16(2)7-8-17/h3-6,9,14,17H,7-8H2,1-2H3. The van der Waals surface area contributed by atoms with E-state index >= 15 is 0 Å². The molecule has 0 atom stereocenters. The third-order valence-corrected chi connectivity index (χ3v) is 2.83. The molecule has 0 saturated heterocycles. The van der Waals surface area contributed by atoms with Crippen molar-refractivity contribution < 1.29 is 5.11 Å². The Morgan fingerprint density at radius 3 is 2.88 bits per heavy atom. The molecule has 90 valence electrons. The molecule has 0 amide bonds. The van der Waals surface area contributed by atoms with E-state index in [1.165, 1.54) is 0 Å². The van der Waals surface area contributed by atoms with Gasteiger partial charge in [0.15, 0.2) is 0 Å². The lowest BCUT2D eigenvalue weighted by atomic mass is 10.1. The minimum atomic E-state index is 0.125. The van der Waals surface area contributed by atoms with Crippen LogP contribution in [-0.4, -0.2) is 37.3 Å². The van der Waals surface area contributed by atoms with Crippen molar-refractivity contribution in [1.82, 2.24) is 4.98 Å². The highest BCUT2D eigenvalue weighted by Gasteiger charge is 2.07. The molecule has 2 N–H and O–H groups in total. The first-order valence-corrected chi connectivity index (χ1v) is 5.65. The van der Waals surface area contributed by atoms with E-state index < -0.39 is 0 Å². The molecular weight excluding hydrogens is 214 g/mol. The lowest BCUT2D eigenvalue weighted by molar-refractivity contribution is 0.304. The lowest BCUT2D eigenvalue weighted by Crippen LogP contribution is -2.22. The highest BCUT2D eigenvalue weighted by molar-refractivity contribution is 5.94. The summed E-state index contributed by atoms with van der Waals surface area (Å²) >= 11 is 0. The molecular formula is C13H17N3O. The number of nitrogens with zero attached hydrogens (tertiary/aromatic N) is 2. The van der Waals surface area contributed by atoms with Crippen LogP contribution in [-0.2, 0) is 0 Å². The van der Waals surface area contributed by atoms with Crippen LogP contribution in [0.25, 0.3) is 10.8 Å². The molecule has 2 aromatic rings. The Morgan fingerprint density at radius 2 is 2.18 bits per heavy atom. The first-order chi connectivity index (χ1) is 8.26. The molecule has 4 nitrogen and oxygen atoms in total. The predicted molar refractivity (Wildman–Crippen MR) is 71.6 cm³/mol. The molecule has 1 heterocycles. The fourth-order valence-corrected chi connectivity index (χ4v) is 1.87. The van der Waals surface area contributed by atoms with Crippen LogP contribution in [0, 0.1) is 0 Å². The normalized spacial score (nSPS) is 10.5. The van der Waals surface area contributed by atoms with Crippen molar-refractivity contribution in [3.63, 3.8) is 0 Å². The molecule has 0 aliphatic heterocycles. The van der Waals surface area contributed by atoms with Gasteiger partial charge in [0.05, 0.1) is 6.61 Å². The molecule has 0 aliphatic carbocycles. The topological polar surface area (TPSA) is 48.4 Å². The Hall–Kier alpha value is -1.81. The van der Waals surface area contributed by atoms with Crippen LogP contribution >= 0.6 is 0 Å². The molecule has 0 saturated carbocycles. The van der Waals surface area contributed by atoms with Crippen LogP contribution in [0.1, 0.15) is 0 Å². The van der Waals surface area contributed by atoms with Gasteiger partial charge in [-0.25, -0.2) is 4.98 Å². The van der Waals surface area contributed by atoms with E-state index in [0.29, 0.717) is 6.54 Å². The summed E-state index contributed by atoms with van der Waals surface area (Å²) in [7, 11) is 3.83. The molecule has 2 rings (SSSR count). The van der Waals surface area contributed by atoms with E-state index in [2.05, 4.69) is 22.4 Å². The number of aliphatic hydroxyl groups excluding tert-OH is 1. The van der Waals surface area contributed by atoms with E-state index in [0.717, 1.165) is 22.3 Å². The summed E-state index contributed by atoms with van der Waals surface area (Å²) in [6, 6.07) is 8.17. The van der Waals surface area contributed by atoms with E-state index in [1.807, 2.05) is 31.1 Å². The van der Waals surface area contributed by atoms with Crippen molar-refractivity contribution in [3.8, 4) is 0 Å². The van der Waals surface area contributed by atoms with Crippen molar-refractivity contribution in [2.24, 2.45) is 0 Å². The van der Waals surface area contributed by atoms with Crippen molar-refractivity contribution in [3.05, 3.63) is 30.5 Å². The zero-order chi connectivity index (χ0) is 12.3. The minimum Gasteiger partial charge on any atom is -0.395 e. The molecule has 1 aromatic carbocycles. The number of anilines is 2. The van der Waals surface area contributed by atoms with Crippen LogP contribution in [0.3, 0.4) is 0 Å². The second-order valence-electron chi connectivity index (χ2n) is 3.97. The van der Waals surface area contributed by atoms with Gasteiger partial charge in [0, 0.05) is 37.9 Å². The van der Waals surface area contributed by atoms with Crippen LogP contribution in [0.15, 0.2) is 30.5 Å². The van der Waals surface area contributed by atoms with Crippen molar-refractivity contribution in [1.29, 1.82) is 0 Å². The van der Waals surface area contributed by atoms with Gasteiger partial charge in [-0.2, -0.15) is 0 Å². The third-order valence-electron chi connectivity index (χ3n) is 2.83. The van der Waals surface area contributed by atoms with E-state index in [1.54, 1.807) is 6.20 Å². The third kappa shape index (κ3) is 2.31. The number of fused-ring (bicyclic) bond motifs is 1. The van der Waals surface area contributed by atoms with Gasteiger partial charge in [-0.15, -0.1) is 0 Å². The van der Waals surface area contributed by atoms with Gasteiger partial charge in [-0.3, -0.25) is 0 Å². The Kier molecular flexibility index (Phi) is 3.44. The van der Waals surface area contributed by atoms with Gasteiger partial charge >= 0.3 is 0 Å². The van der Waals surface area contributed by atoms with Gasteiger partial charge in [0.2, 0.25) is 0 Å². The van der Waals surface area contributed by atoms with Crippen molar-refractivity contribution in [2.45, 2.75) is 0 Å². The predicted octanol–water partition coefficient (Wildman–Crippen LogP) is 1.70. The SMILES string of the molecule is CNc1ccc2ccnc(N(C)CCO)c2c1. The Morgan fingerprint density at radius 1 is 1.35 bits per heavy atom. The highest BCUT2D eigenvalue weighted by atomic mass is 16.3. The number of benzene rings is 1. The summed E-state index contributed by atoms with van der Waals surface area (Å²) in [6.07, 6.45) is 1.80. The highest BCUT2D eigenvalue weighted by Crippen LogP contribution is 2.26. The van der Waals surface area contributed by atoms with E-state index in [9.17, 15) is 0 Å². The number of pyridine rings is 1. The number of hydrogen-bond acceptors (Lipinski definition) is 4. The molecule has 0 bridgehead atoms. The zero-order valence-electron chi connectivity index (χ0n) is 10.1. The zero-order valence-corrected chi connectivity index (χ0v) is 10.1. The number of nitrogens with one attached hydrogen (secondary N) is 1. The molecule has 0 radical (unpaired) electrons. The van der Waals surface area contributed by atoms with Crippen LogP contribution < -0.4 is 10.2 Å². The van der Waals surface area contributed by atoms with Crippen molar-refractivity contribution >= 4 is 22.3 Å². The van der Waals surface area contributed by atoms with Crippen LogP contribution in [0.5, 0.6) is 0 Å². The summed E-state index contributed by atoms with van der Waals surface area (Å²) in [5, 5.41) is 14.4. The number of rotatable bonds is 4. The Balaban J connectivity index is 2.54. The number of hydrogen-bond donors (Lipinski definition) is 2. The van der Waals surface area contributed by atoms with Crippen LogP contribution in [0.2, 0.25) is 0 Å². The summed E-state index contributed by atoms with van der Waals surface area (Å²) in [4.78, 5) is 6.35. The molecule has 1 aromatic heterocycles. The maximum Gasteiger partial charge on any atom is 0.136 e. The first-order valence-electron chi connectivity index (χ1n) is 5.65. The Labute approximate surface area is 101 Å². The second kappa shape index (κ2) is 5.01. The molecule has 17 heavy (non-hydrogen) atoms. The summed E-state index contributed by atoms with van der Waals surface area (Å²) in [5.74, 6) is 0.897. The van der Waals surface area contributed by atoms with Gasteiger partial charge in [-0.1, -0.05) is 6.07 Å². The van der Waals surface area contributed by atoms with E-state index in [-0.39, 0.29) is 6.61 Å². The number of aromatic nitrogens is 1. The van der Waals surface area contributed by atoms with Gasteiger partial charge < -0.3 is 15.3 Å². The lowest BCUT2D eigenvalue weighted by Gasteiger charge is -2.18. The maximum atomic E-state index is 8.99. The fourth-order valence-electron chi connectivity index (χ4n) is 1.87. The fraction of sp³-hybridized carbons (Fsp3) is 0.308. The quantitative estimate of drug-likeness (QED) is 0.841. The minimum absolute atomic E-state index is 0.125. The Bertz CT molecular complexity index is 513. The molecule has 0 unspecified atom stereocenters. The van der Waals surface area contributed by atoms with Crippen LogP contribution in [0.4, 0.5) is 11.5 Å². The number of aliphatic hydroxyl groups is 1. The van der Waals surface area contributed by atoms with Gasteiger partial charge in [-0.05, 0) is 23.6 Å². The summed E-state index contributed by atoms with van der Waals surface area (Å²) in [6.45, 7) is 0.705. The first kappa shape index (κ1) is 11.7.